The maximum atomic E-state index is 12.3. The Morgan fingerprint density at radius 1 is 1.10 bits per heavy atom. The van der Waals surface area contributed by atoms with E-state index in [1.165, 1.54) is 5.56 Å². The van der Waals surface area contributed by atoms with Crippen molar-refractivity contribution in [3.8, 4) is 22.1 Å². The number of carbonyl (C=O) groups is 1. The van der Waals surface area contributed by atoms with Gasteiger partial charge in [-0.1, -0.05) is 19.1 Å². The minimum atomic E-state index is -0.548. The number of ether oxygens (including phenoxy) is 2. The van der Waals surface area contributed by atoms with E-state index in [2.05, 4.69) is 17.2 Å². The summed E-state index contributed by atoms with van der Waals surface area (Å²) in [6.45, 7) is 4.38. The summed E-state index contributed by atoms with van der Waals surface area (Å²) >= 11 is 1.60. The third-order valence-electron chi connectivity index (χ3n) is 4.58. The van der Waals surface area contributed by atoms with Crippen LogP contribution in [0.1, 0.15) is 25.1 Å². The van der Waals surface area contributed by atoms with Crippen molar-refractivity contribution in [1.29, 1.82) is 0 Å². The van der Waals surface area contributed by atoms with Gasteiger partial charge in [0.25, 0.3) is 5.91 Å². The average molecular weight is 411 g/mol. The smallest absolute Gasteiger partial charge is 0.260 e. The number of benzene rings is 2. The summed E-state index contributed by atoms with van der Waals surface area (Å²) in [7, 11) is 1.65. The second-order valence-corrected chi connectivity index (χ2v) is 7.53. The Morgan fingerprint density at radius 3 is 2.45 bits per heavy atom. The van der Waals surface area contributed by atoms with Crippen LogP contribution in [0.4, 0.5) is 0 Å². The molecular formula is C23H26N2O3S. The summed E-state index contributed by atoms with van der Waals surface area (Å²) in [6.07, 6.45) is 1.11. The van der Waals surface area contributed by atoms with Gasteiger partial charge in [-0.3, -0.25) is 4.79 Å². The first kappa shape index (κ1) is 20.9. The molecule has 0 spiro atoms. The highest BCUT2D eigenvalue weighted by Crippen LogP contribution is 2.25. The largest absolute Gasteiger partial charge is 0.497 e. The zero-order chi connectivity index (χ0) is 20.6. The highest BCUT2D eigenvalue weighted by molar-refractivity contribution is 7.13. The molecule has 5 nitrogen and oxygen atoms in total. The molecule has 0 fully saturated rings. The fraction of sp³-hybridized carbons (Fsp3) is 0.304. The Kier molecular flexibility index (Phi) is 7.25. The lowest BCUT2D eigenvalue weighted by Gasteiger charge is -2.14. The van der Waals surface area contributed by atoms with E-state index in [0.29, 0.717) is 18.7 Å². The third-order valence-corrected chi connectivity index (χ3v) is 5.52. The highest BCUT2D eigenvalue weighted by Gasteiger charge is 2.14. The number of nitrogens with zero attached hydrogens (tertiary/aromatic N) is 1. The van der Waals surface area contributed by atoms with Gasteiger partial charge in [-0.05, 0) is 55.3 Å². The number of nitrogens with one attached hydrogen (secondary N) is 1. The zero-order valence-corrected chi connectivity index (χ0v) is 17.8. The predicted octanol–water partition coefficient (Wildman–Crippen LogP) is 4.51. The minimum absolute atomic E-state index is 0.129. The number of methoxy groups -OCH3 is 1. The standard InChI is InChI=1S/C23H26N2O3S/c1-4-17-5-9-21(10-6-17)28-16(2)22(26)24-14-13-19-15-29-23(25-19)18-7-11-20(27-3)12-8-18/h5-12,15-16H,4,13-14H2,1-3H3,(H,24,26)/t16-/m1/s1. The zero-order valence-electron chi connectivity index (χ0n) is 17.0. The Labute approximate surface area is 175 Å². The van der Waals surface area contributed by atoms with Crippen molar-refractivity contribution in [3.05, 3.63) is 65.2 Å². The number of amides is 1. The molecule has 0 aliphatic carbocycles. The molecule has 1 heterocycles. The summed E-state index contributed by atoms with van der Waals surface area (Å²) in [5.41, 5.74) is 3.26. The molecule has 0 aliphatic rings. The van der Waals surface area contributed by atoms with E-state index >= 15 is 0 Å². The normalized spacial score (nSPS) is 11.7. The van der Waals surface area contributed by atoms with Gasteiger partial charge in [0.1, 0.15) is 16.5 Å². The van der Waals surface area contributed by atoms with Crippen molar-refractivity contribution < 1.29 is 14.3 Å². The number of aromatic nitrogens is 1. The van der Waals surface area contributed by atoms with Crippen LogP contribution in [-0.4, -0.2) is 30.6 Å². The van der Waals surface area contributed by atoms with E-state index in [-0.39, 0.29) is 5.91 Å². The first-order valence-electron chi connectivity index (χ1n) is 9.71. The van der Waals surface area contributed by atoms with Crippen molar-refractivity contribution in [2.24, 2.45) is 0 Å². The Bertz CT molecular complexity index is 920. The van der Waals surface area contributed by atoms with Crippen LogP contribution in [0.25, 0.3) is 10.6 Å². The van der Waals surface area contributed by atoms with Crippen molar-refractivity contribution in [2.75, 3.05) is 13.7 Å². The number of hydrogen-bond acceptors (Lipinski definition) is 5. The number of hydrogen-bond donors (Lipinski definition) is 1. The van der Waals surface area contributed by atoms with Gasteiger partial charge in [0, 0.05) is 23.9 Å². The second-order valence-electron chi connectivity index (χ2n) is 6.67. The van der Waals surface area contributed by atoms with Crippen LogP contribution in [0, 0.1) is 0 Å². The molecule has 0 radical (unpaired) electrons. The SMILES string of the molecule is CCc1ccc(O[C@H](C)C(=O)NCCc2csc(-c3ccc(OC)cc3)n2)cc1. The van der Waals surface area contributed by atoms with Crippen LogP contribution >= 0.6 is 11.3 Å². The van der Waals surface area contributed by atoms with Crippen LogP contribution in [0.2, 0.25) is 0 Å². The van der Waals surface area contributed by atoms with E-state index < -0.39 is 6.10 Å². The summed E-state index contributed by atoms with van der Waals surface area (Å²) in [5.74, 6) is 1.40. The van der Waals surface area contributed by atoms with Gasteiger partial charge in [0.15, 0.2) is 6.10 Å². The summed E-state index contributed by atoms with van der Waals surface area (Å²) in [4.78, 5) is 16.9. The third kappa shape index (κ3) is 5.81. The molecule has 6 heteroatoms. The Hall–Kier alpha value is -2.86. The number of thiazole rings is 1. The minimum Gasteiger partial charge on any atom is -0.497 e. The Morgan fingerprint density at radius 2 is 1.79 bits per heavy atom. The molecule has 1 aromatic heterocycles. The van der Waals surface area contributed by atoms with Crippen LogP contribution in [0.3, 0.4) is 0 Å². The van der Waals surface area contributed by atoms with Crippen LogP contribution in [0.15, 0.2) is 53.9 Å². The number of carbonyl (C=O) groups excluding carboxylic acids is 1. The summed E-state index contributed by atoms with van der Waals surface area (Å²) in [6, 6.07) is 15.7. The van der Waals surface area contributed by atoms with Gasteiger partial charge in [0.05, 0.1) is 12.8 Å². The van der Waals surface area contributed by atoms with Crippen molar-refractivity contribution in [3.63, 3.8) is 0 Å². The van der Waals surface area contributed by atoms with Crippen LogP contribution in [-0.2, 0) is 17.6 Å². The van der Waals surface area contributed by atoms with Crippen molar-refractivity contribution in [1.82, 2.24) is 10.3 Å². The quantitative estimate of drug-likeness (QED) is 0.564. The molecule has 3 aromatic rings. The molecule has 0 unspecified atom stereocenters. The molecule has 0 saturated heterocycles. The van der Waals surface area contributed by atoms with E-state index in [9.17, 15) is 4.79 Å². The maximum Gasteiger partial charge on any atom is 0.260 e. The number of aryl methyl sites for hydroxylation is 1. The van der Waals surface area contributed by atoms with Gasteiger partial charge >= 0.3 is 0 Å². The predicted molar refractivity (Wildman–Crippen MR) is 117 cm³/mol. The van der Waals surface area contributed by atoms with Gasteiger partial charge in [0.2, 0.25) is 0 Å². The fourth-order valence-corrected chi connectivity index (χ4v) is 3.67. The first-order chi connectivity index (χ1) is 14.1. The molecule has 1 amide bonds. The molecule has 3 rings (SSSR count). The lowest BCUT2D eigenvalue weighted by atomic mass is 10.2. The van der Waals surface area contributed by atoms with Crippen LogP contribution < -0.4 is 14.8 Å². The molecule has 0 aliphatic heterocycles. The van der Waals surface area contributed by atoms with E-state index in [4.69, 9.17) is 9.47 Å². The van der Waals surface area contributed by atoms with E-state index in [1.807, 2.05) is 53.9 Å². The van der Waals surface area contributed by atoms with E-state index in [0.717, 1.165) is 28.4 Å². The molecule has 152 valence electrons. The van der Waals surface area contributed by atoms with Crippen molar-refractivity contribution in [2.45, 2.75) is 32.8 Å². The Balaban J connectivity index is 1.46. The summed E-state index contributed by atoms with van der Waals surface area (Å²) in [5, 5.41) is 5.91. The monoisotopic (exact) mass is 410 g/mol. The van der Waals surface area contributed by atoms with Gasteiger partial charge in [-0.25, -0.2) is 4.98 Å². The van der Waals surface area contributed by atoms with Crippen molar-refractivity contribution >= 4 is 17.2 Å². The molecule has 0 saturated carbocycles. The summed E-state index contributed by atoms with van der Waals surface area (Å²) < 4.78 is 10.9. The number of rotatable bonds is 9. The van der Waals surface area contributed by atoms with Gasteiger partial charge in [-0.2, -0.15) is 0 Å². The lowest BCUT2D eigenvalue weighted by Crippen LogP contribution is -2.37. The highest BCUT2D eigenvalue weighted by atomic mass is 32.1. The molecule has 2 aromatic carbocycles. The fourth-order valence-electron chi connectivity index (χ4n) is 2.81. The lowest BCUT2D eigenvalue weighted by molar-refractivity contribution is -0.127. The van der Waals surface area contributed by atoms with Gasteiger partial charge in [-0.15, -0.1) is 11.3 Å². The van der Waals surface area contributed by atoms with Crippen LogP contribution in [0.5, 0.6) is 11.5 Å². The maximum absolute atomic E-state index is 12.3. The van der Waals surface area contributed by atoms with E-state index in [1.54, 1.807) is 25.4 Å². The second kappa shape index (κ2) is 10.1. The first-order valence-corrected chi connectivity index (χ1v) is 10.6. The molecule has 1 N–H and O–H groups in total. The molecular weight excluding hydrogens is 384 g/mol. The molecule has 0 bridgehead atoms. The van der Waals surface area contributed by atoms with Gasteiger partial charge < -0.3 is 14.8 Å². The average Bonchev–Trinajstić information content (AvgIpc) is 3.23. The molecule has 1 atom stereocenters. The topological polar surface area (TPSA) is 60.5 Å². The molecule has 29 heavy (non-hydrogen) atoms.